The van der Waals surface area contributed by atoms with Crippen molar-refractivity contribution in [2.24, 2.45) is 0 Å². The summed E-state index contributed by atoms with van der Waals surface area (Å²) in [6.07, 6.45) is 0. The van der Waals surface area contributed by atoms with E-state index in [0.717, 1.165) is 34.1 Å². The minimum Gasteiger partial charge on any atom is -0.309 e. The van der Waals surface area contributed by atoms with Crippen molar-refractivity contribution >= 4 is 66.4 Å². The second kappa shape index (κ2) is 15.4. The fourth-order valence-corrected chi connectivity index (χ4v) is 9.52. The Hall–Kier alpha value is -7.16. The first-order chi connectivity index (χ1) is 30.0. The van der Waals surface area contributed by atoms with Gasteiger partial charge in [-0.15, -0.1) is 0 Å². The number of hydrogen-bond donors (Lipinski definition) is 0. The van der Waals surface area contributed by atoms with E-state index < -0.39 is 0 Å². The van der Waals surface area contributed by atoms with Crippen LogP contribution in [0.15, 0.2) is 188 Å². The predicted octanol–water partition coefficient (Wildman–Crippen LogP) is 17.4. The highest BCUT2D eigenvalue weighted by molar-refractivity contribution is 6.29. The molecule has 0 bridgehead atoms. The van der Waals surface area contributed by atoms with Gasteiger partial charge >= 0.3 is 0 Å². The quantitative estimate of drug-likeness (QED) is 0.141. The van der Waals surface area contributed by atoms with Crippen LogP contribution >= 0.6 is 0 Å². The minimum atomic E-state index is 0.0108. The van der Waals surface area contributed by atoms with E-state index in [-0.39, 0.29) is 5.41 Å². The number of aryl methyl sites for hydroxylation is 4. The molecule has 0 radical (unpaired) electrons. The lowest BCUT2D eigenvalue weighted by Gasteiger charge is -2.34. The van der Waals surface area contributed by atoms with Crippen molar-refractivity contribution in [1.29, 1.82) is 0 Å². The van der Waals surface area contributed by atoms with Crippen molar-refractivity contribution in [3.63, 3.8) is 0 Å². The van der Waals surface area contributed by atoms with Gasteiger partial charge in [-0.05, 0) is 142 Å². The van der Waals surface area contributed by atoms with Gasteiger partial charge in [-0.1, -0.05) is 166 Å². The molecule has 62 heavy (non-hydrogen) atoms. The van der Waals surface area contributed by atoms with Crippen molar-refractivity contribution in [1.82, 2.24) is 0 Å². The lowest BCUT2D eigenvalue weighted by atomic mass is 9.83. The first kappa shape index (κ1) is 39.0. The zero-order chi connectivity index (χ0) is 42.7. The van der Waals surface area contributed by atoms with Gasteiger partial charge in [0.1, 0.15) is 0 Å². The van der Waals surface area contributed by atoms with Crippen LogP contribution < -0.4 is 9.80 Å². The van der Waals surface area contributed by atoms with Gasteiger partial charge in [0, 0.05) is 38.9 Å². The second-order valence-corrected chi connectivity index (χ2v) is 18.0. The SMILES string of the molecule is Cc1ccccc1N(c1ccc(-c2ccccc2)cc1C)c1cc(N(c2ccccc2C)c2ccc(-c3ccccc3)cc2C)c2ccc3cc(C(C)(C)C)cc4ccc1c2c43. The minimum absolute atomic E-state index is 0.0108. The number of rotatable bonds is 8. The Morgan fingerprint density at radius 3 is 1.11 bits per heavy atom. The molecule has 10 aromatic rings. The molecular weight excluding hydrogens is 749 g/mol. The fourth-order valence-electron chi connectivity index (χ4n) is 9.52. The molecule has 0 saturated heterocycles. The van der Waals surface area contributed by atoms with E-state index in [1.165, 1.54) is 82.4 Å². The van der Waals surface area contributed by atoms with Gasteiger partial charge < -0.3 is 9.80 Å². The summed E-state index contributed by atoms with van der Waals surface area (Å²) in [6.45, 7) is 15.9. The van der Waals surface area contributed by atoms with E-state index in [0.29, 0.717) is 0 Å². The van der Waals surface area contributed by atoms with Crippen LogP contribution in [0.5, 0.6) is 0 Å². The summed E-state index contributed by atoms with van der Waals surface area (Å²) in [6, 6.07) is 69.8. The van der Waals surface area contributed by atoms with E-state index >= 15 is 0 Å². The van der Waals surface area contributed by atoms with Crippen LogP contribution in [-0.2, 0) is 5.41 Å². The molecule has 0 fully saturated rings. The number of benzene rings is 10. The summed E-state index contributed by atoms with van der Waals surface area (Å²) in [4.78, 5) is 5.05. The average molecular weight is 801 g/mol. The fraction of sp³-hybridized carbons (Fsp3) is 0.133. The largest absolute Gasteiger partial charge is 0.309 e. The van der Waals surface area contributed by atoms with Crippen LogP contribution in [0.4, 0.5) is 34.1 Å². The Morgan fingerprint density at radius 2 is 0.710 bits per heavy atom. The molecule has 302 valence electrons. The molecule has 2 nitrogen and oxygen atoms in total. The lowest BCUT2D eigenvalue weighted by molar-refractivity contribution is 0.591. The third-order valence-electron chi connectivity index (χ3n) is 12.8. The van der Waals surface area contributed by atoms with E-state index in [4.69, 9.17) is 0 Å². The van der Waals surface area contributed by atoms with Gasteiger partial charge in [0.15, 0.2) is 0 Å². The number of hydrogen-bond acceptors (Lipinski definition) is 2. The number of anilines is 6. The topological polar surface area (TPSA) is 6.48 Å². The highest BCUT2D eigenvalue weighted by Gasteiger charge is 2.27. The Kier molecular flexibility index (Phi) is 9.68. The summed E-state index contributed by atoms with van der Waals surface area (Å²) >= 11 is 0. The lowest BCUT2D eigenvalue weighted by Crippen LogP contribution is -2.17. The van der Waals surface area contributed by atoms with Crippen molar-refractivity contribution in [2.75, 3.05) is 9.80 Å². The standard InChI is InChI=1S/C60H52N2/c1-39-18-14-16-24-52(39)61(54-32-28-45(34-41(54)3)43-20-10-8-11-21-43)56-38-57(51-31-27-48-37-49(60(5,6)7)36-47-26-30-50(56)59(51)58(47)48)62(53-25-17-15-19-40(53)2)55-33-29-46(35-42(55)4)44-22-12-9-13-23-44/h8-38H,1-7H3. The summed E-state index contributed by atoms with van der Waals surface area (Å²) in [5.41, 5.74) is 18.0. The van der Waals surface area contributed by atoms with Crippen molar-refractivity contribution in [2.45, 2.75) is 53.9 Å². The van der Waals surface area contributed by atoms with Crippen LogP contribution in [0.1, 0.15) is 48.6 Å². The molecule has 10 aromatic carbocycles. The second-order valence-electron chi connectivity index (χ2n) is 18.0. The molecule has 0 atom stereocenters. The van der Waals surface area contributed by atoms with Gasteiger partial charge in [0.25, 0.3) is 0 Å². The van der Waals surface area contributed by atoms with Crippen molar-refractivity contribution in [3.8, 4) is 22.3 Å². The molecular formula is C60H52N2. The van der Waals surface area contributed by atoms with Crippen LogP contribution in [0.3, 0.4) is 0 Å². The third-order valence-corrected chi connectivity index (χ3v) is 12.8. The third kappa shape index (κ3) is 6.77. The smallest absolute Gasteiger partial charge is 0.0561 e. The normalized spacial score (nSPS) is 11.8. The van der Waals surface area contributed by atoms with E-state index in [1.807, 2.05) is 0 Å². The van der Waals surface area contributed by atoms with Crippen LogP contribution in [-0.4, -0.2) is 0 Å². The van der Waals surface area contributed by atoms with E-state index in [1.54, 1.807) is 0 Å². The first-order valence-electron chi connectivity index (χ1n) is 21.8. The Morgan fingerprint density at radius 1 is 0.306 bits per heavy atom. The van der Waals surface area contributed by atoms with Gasteiger partial charge in [0.2, 0.25) is 0 Å². The highest BCUT2D eigenvalue weighted by atomic mass is 15.2. The molecule has 0 aliphatic carbocycles. The molecule has 0 aromatic heterocycles. The summed E-state index contributed by atoms with van der Waals surface area (Å²) in [7, 11) is 0. The highest BCUT2D eigenvalue weighted by Crippen LogP contribution is 2.52. The van der Waals surface area contributed by atoms with Gasteiger partial charge in [-0.25, -0.2) is 0 Å². The maximum atomic E-state index is 2.52. The van der Waals surface area contributed by atoms with Gasteiger partial charge in [-0.2, -0.15) is 0 Å². The van der Waals surface area contributed by atoms with Crippen LogP contribution in [0.2, 0.25) is 0 Å². The predicted molar refractivity (Wildman–Crippen MR) is 268 cm³/mol. The molecule has 0 heterocycles. The van der Waals surface area contributed by atoms with E-state index in [2.05, 4.69) is 246 Å². The zero-order valence-corrected chi connectivity index (χ0v) is 36.8. The molecule has 2 heteroatoms. The maximum absolute atomic E-state index is 2.52. The Labute approximate surface area is 366 Å². The molecule has 0 aliphatic heterocycles. The summed E-state index contributed by atoms with van der Waals surface area (Å²) in [5.74, 6) is 0. The van der Waals surface area contributed by atoms with Crippen LogP contribution in [0, 0.1) is 27.7 Å². The Balaban J connectivity index is 1.32. The summed E-state index contributed by atoms with van der Waals surface area (Å²) < 4.78 is 0. The average Bonchev–Trinajstić information content (AvgIpc) is 3.28. The van der Waals surface area contributed by atoms with Gasteiger partial charge in [0.05, 0.1) is 11.4 Å². The molecule has 0 saturated carbocycles. The molecule has 0 spiro atoms. The number of nitrogens with zero attached hydrogens (tertiary/aromatic N) is 2. The monoisotopic (exact) mass is 800 g/mol. The molecule has 0 unspecified atom stereocenters. The molecule has 0 aliphatic rings. The zero-order valence-electron chi connectivity index (χ0n) is 36.8. The maximum Gasteiger partial charge on any atom is 0.0561 e. The van der Waals surface area contributed by atoms with Gasteiger partial charge in [-0.3, -0.25) is 0 Å². The summed E-state index contributed by atoms with van der Waals surface area (Å²) in [5, 5.41) is 7.57. The van der Waals surface area contributed by atoms with Crippen LogP contribution in [0.25, 0.3) is 54.6 Å². The molecule has 0 N–H and O–H groups in total. The molecule has 0 amide bonds. The number of para-hydroxylation sites is 2. The van der Waals surface area contributed by atoms with E-state index in [9.17, 15) is 0 Å². The molecule has 10 rings (SSSR count). The Bertz CT molecular complexity index is 3060. The van der Waals surface area contributed by atoms with Crippen molar-refractivity contribution in [3.05, 3.63) is 216 Å². The van der Waals surface area contributed by atoms with Crippen molar-refractivity contribution < 1.29 is 0 Å². The first-order valence-corrected chi connectivity index (χ1v) is 21.8.